The second-order valence-electron chi connectivity index (χ2n) is 14.8. The van der Waals surface area contributed by atoms with Crippen molar-refractivity contribution in [2.45, 2.75) is 84.3 Å². The van der Waals surface area contributed by atoms with Gasteiger partial charge in [-0.15, -0.1) is 0 Å². The van der Waals surface area contributed by atoms with Gasteiger partial charge in [-0.1, -0.05) is 30.3 Å². The van der Waals surface area contributed by atoms with Crippen LogP contribution in [0.5, 0.6) is 0 Å². The topological polar surface area (TPSA) is 156 Å². The number of rotatable bonds is 12. The van der Waals surface area contributed by atoms with Gasteiger partial charge in [-0.05, 0) is 126 Å². The highest BCUT2D eigenvalue weighted by Crippen LogP contribution is 2.32. The van der Waals surface area contributed by atoms with Gasteiger partial charge in [-0.3, -0.25) is 10.1 Å². The minimum absolute atomic E-state index is 0.00271. The molecule has 0 bridgehead atoms. The highest BCUT2D eigenvalue weighted by atomic mass is 19.4. The molecule has 54 heavy (non-hydrogen) atoms. The summed E-state index contributed by atoms with van der Waals surface area (Å²) in [6.07, 6.45) is -3.79. The zero-order chi connectivity index (χ0) is 39.8. The Morgan fingerprint density at radius 3 is 2.11 bits per heavy atom. The maximum atomic E-state index is 15.3. The van der Waals surface area contributed by atoms with E-state index < -0.39 is 58.7 Å². The Morgan fingerprint density at radius 2 is 1.50 bits per heavy atom. The van der Waals surface area contributed by atoms with Gasteiger partial charge >= 0.3 is 18.4 Å². The quantitative estimate of drug-likeness (QED) is 0.0919. The first-order valence-electron chi connectivity index (χ1n) is 17.3. The number of nitrogens with zero attached hydrogens (tertiary/aromatic N) is 1. The van der Waals surface area contributed by atoms with Gasteiger partial charge in [-0.25, -0.2) is 19.0 Å². The van der Waals surface area contributed by atoms with Crippen molar-refractivity contribution >= 4 is 40.9 Å². The predicted molar refractivity (Wildman–Crippen MR) is 199 cm³/mol. The van der Waals surface area contributed by atoms with Gasteiger partial charge in [0.2, 0.25) is 0 Å². The molecule has 11 nitrogen and oxygen atoms in total. The van der Waals surface area contributed by atoms with Gasteiger partial charge in [0.25, 0.3) is 5.91 Å². The van der Waals surface area contributed by atoms with Crippen LogP contribution in [0.1, 0.15) is 77.1 Å². The molecule has 15 heteroatoms. The Kier molecular flexibility index (Phi) is 13.1. The van der Waals surface area contributed by atoms with Crippen molar-refractivity contribution < 1.29 is 41.4 Å². The number of hydrogen-bond acceptors (Lipinski definition) is 8. The maximum Gasteiger partial charge on any atom is 0.430 e. The molecule has 1 aliphatic rings. The van der Waals surface area contributed by atoms with Gasteiger partial charge in [0.15, 0.2) is 0 Å². The number of alkyl halides is 3. The van der Waals surface area contributed by atoms with Crippen LogP contribution in [0.15, 0.2) is 83.5 Å². The van der Waals surface area contributed by atoms with Gasteiger partial charge in [0, 0.05) is 12.2 Å². The average Bonchev–Trinajstić information content (AvgIpc) is 3.88. The fourth-order valence-electron chi connectivity index (χ4n) is 4.96. The number of nitrogens with one attached hydrogen (secondary N) is 4. The molecule has 0 spiro atoms. The van der Waals surface area contributed by atoms with Crippen molar-refractivity contribution in [2.75, 3.05) is 17.2 Å². The van der Waals surface area contributed by atoms with Crippen molar-refractivity contribution in [3.8, 4) is 0 Å². The van der Waals surface area contributed by atoms with Gasteiger partial charge in [-0.2, -0.15) is 13.2 Å². The smallest absolute Gasteiger partial charge is 0.430 e. The summed E-state index contributed by atoms with van der Waals surface area (Å²) in [5, 5.41) is 11.1. The minimum Gasteiger partial charge on any atom is -0.444 e. The van der Waals surface area contributed by atoms with E-state index in [-0.39, 0.29) is 17.9 Å². The van der Waals surface area contributed by atoms with Crippen LogP contribution in [0.2, 0.25) is 0 Å². The summed E-state index contributed by atoms with van der Waals surface area (Å²) in [5.41, 5.74) is 3.60. The molecule has 0 aromatic heterocycles. The van der Waals surface area contributed by atoms with E-state index in [4.69, 9.17) is 15.2 Å². The largest absolute Gasteiger partial charge is 0.444 e. The Morgan fingerprint density at radius 1 is 0.870 bits per heavy atom. The third-order valence-corrected chi connectivity index (χ3v) is 7.62. The Labute approximate surface area is 311 Å². The fourth-order valence-corrected chi connectivity index (χ4v) is 4.96. The monoisotopic (exact) mass is 754 g/mol. The van der Waals surface area contributed by atoms with Gasteiger partial charge < -0.3 is 31.2 Å². The molecule has 1 unspecified atom stereocenters. The number of amides is 3. The van der Waals surface area contributed by atoms with E-state index in [0.717, 1.165) is 24.5 Å². The molecule has 4 rings (SSSR count). The Hall–Kier alpha value is -5.44. The number of hydrogen-bond donors (Lipinski definition) is 5. The molecule has 1 aliphatic carbocycles. The number of ether oxygens (including phenoxy) is 2. The standard InChI is InChI=1S/C39H46F4N6O5/c1-37(2,3)53-35(51)46-22-24-8-7-9-28(18-24)47-31(20-32(44)39(41,42)43)34(50)49-30-19-26(14-17-29(30)40)33(45-21-23-10-11-23)25-12-15-27(16-13-25)48-36(52)54-38(4,5)6/h7-9,12-20,23,33,45H,10-11,21-22,44H2,1-6H3,(H,46,51)(H,48,52)(H,49,50). The van der Waals surface area contributed by atoms with E-state index in [0.29, 0.717) is 35.4 Å². The lowest BCUT2D eigenvalue weighted by molar-refractivity contribution is -0.110. The number of nitrogens with two attached hydrogens (primary N) is 1. The molecule has 3 aromatic carbocycles. The van der Waals surface area contributed by atoms with Crippen molar-refractivity contribution in [3.05, 3.63) is 101 Å². The first kappa shape index (κ1) is 41.3. The SMILES string of the molecule is CC(C)(C)OC(=O)NCc1cccc(N=C(C=C(N)C(F)(F)F)C(=O)Nc2cc(C(NCC3CC3)c3ccc(NC(=O)OC(C)(C)C)cc3)ccc2F)c1. The van der Waals surface area contributed by atoms with E-state index in [1.807, 2.05) is 0 Å². The molecule has 290 valence electrons. The number of anilines is 2. The van der Waals surface area contributed by atoms with E-state index in [1.54, 1.807) is 71.9 Å². The van der Waals surface area contributed by atoms with Gasteiger partial charge in [0.05, 0.1) is 17.4 Å². The number of alkyl carbamates (subject to hydrolysis) is 1. The third kappa shape index (κ3) is 13.5. The molecular formula is C39H46F4N6O5. The highest BCUT2D eigenvalue weighted by Gasteiger charge is 2.32. The minimum atomic E-state index is -4.98. The second-order valence-corrected chi connectivity index (χ2v) is 14.8. The number of carbonyl (C=O) groups is 3. The maximum absolute atomic E-state index is 15.3. The van der Waals surface area contributed by atoms with Crippen LogP contribution in [-0.2, 0) is 20.8 Å². The lowest BCUT2D eigenvalue weighted by Crippen LogP contribution is -2.32. The number of allylic oxidation sites excluding steroid dienone is 1. The van der Waals surface area contributed by atoms with Crippen LogP contribution < -0.4 is 27.0 Å². The van der Waals surface area contributed by atoms with Crippen molar-refractivity contribution in [2.24, 2.45) is 16.6 Å². The summed E-state index contributed by atoms with van der Waals surface area (Å²) in [6, 6.07) is 16.6. The van der Waals surface area contributed by atoms with Crippen molar-refractivity contribution in [1.82, 2.24) is 10.6 Å². The number of carbonyl (C=O) groups excluding carboxylic acids is 3. The summed E-state index contributed by atoms with van der Waals surface area (Å²) in [7, 11) is 0. The van der Waals surface area contributed by atoms with Crippen molar-refractivity contribution in [3.63, 3.8) is 0 Å². The number of halogens is 4. The molecule has 0 aliphatic heterocycles. The van der Waals surface area contributed by atoms with Crippen LogP contribution in [0, 0.1) is 11.7 Å². The molecule has 1 fully saturated rings. The molecule has 3 aromatic rings. The van der Waals surface area contributed by atoms with E-state index in [1.165, 1.54) is 30.3 Å². The molecule has 3 amide bonds. The summed E-state index contributed by atoms with van der Waals surface area (Å²) in [4.78, 5) is 42.0. The van der Waals surface area contributed by atoms with E-state index in [9.17, 15) is 27.6 Å². The first-order valence-corrected chi connectivity index (χ1v) is 17.3. The summed E-state index contributed by atoms with van der Waals surface area (Å²) in [6.45, 7) is 11.0. The van der Waals surface area contributed by atoms with Crippen molar-refractivity contribution in [1.29, 1.82) is 0 Å². The van der Waals surface area contributed by atoms with Crippen LogP contribution >= 0.6 is 0 Å². The Balaban J connectivity index is 1.61. The summed E-state index contributed by atoms with van der Waals surface area (Å²) >= 11 is 0. The third-order valence-electron chi connectivity index (χ3n) is 7.62. The van der Waals surface area contributed by atoms with Crippen LogP contribution in [0.3, 0.4) is 0 Å². The lowest BCUT2D eigenvalue weighted by atomic mass is 9.97. The number of aliphatic imine (C=N–C) groups is 1. The van der Waals surface area contributed by atoms with E-state index >= 15 is 4.39 Å². The molecule has 1 atom stereocenters. The number of benzene rings is 3. The molecule has 6 N–H and O–H groups in total. The van der Waals surface area contributed by atoms with Gasteiger partial charge in [0.1, 0.15) is 28.4 Å². The normalized spacial score (nSPS) is 14.6. The summed E-state index contributed by atoms with van der Waals surface area (Å²) in [5.74, 6) is -1.53. The molecule has 0 heterocycles. The van der Waals surface area contributed by atoms with Crippen LogP contribution in [0.25, 0.3) is 0 Å². The molecule has 1 saturated carbocycles. The molecular weight excluding hydrogens is 708 g/mol. The molecule has 0 saturated heterocycles. The highest BCUT2D eigenvalue weighted by molar-refractivity contribution is 6.47. The predicted octanol–water partition coefficient (Wildman–Crippen LogP) is 8.40. The zero-order valence-electron chi connectivity index (χ0n) is 31.0. The van der Waals surface area contributed by atoms with Crippen LogP contribution in [-0.4, -0.2) is 47.7 Å². The summed E-state index contributed by atoms with van der Waals surface area (Å²) < 4.78 is 66.4. The van der Waals surface area contributed by atoms with E-state index in [2.05, 4.69) is 26.3 Å². The Bertz CT molecular complexity index is 1880. The molecule has 0 radical (unpaired) electrons. The van der Waals surface area contributed by atoms with Crippen LogP contribution in [0.4, 0.5) is 44.2 Å². The first-order chi connectivity index (χ1) is 25.1. The second kappa shape index (κ2) is 17.1. The fraction of sp³-hybridized carbons (Fsp3) is 0.385. The lowest BCUT2D eigenvalue weighted by Gasteiger charge is -2.22. The zero-order valence-corrected chi connectivity index (χ0v) is 31.0. The average molecular weight is 755 g/mol.